The zero-order valence-electron chi connectivity index (χ0n) is 11.8. The lowest BCUT2D eigenvalue weighted by molar-refractivity contribution is 0.0981. The Morgan fingerprint density at radius 2 is 1.90 bits per heavy atom. The molecule has 0 heterocycles. The molecule has 0 aliphatic carbocycles. The van der Waals surface area contributed by atoms with E-state index >= 15 is 0 Å². The zero-order chi connectivity index (χ0) is 14.5. The van der Waals surface area contributed by atoms with Gasteiger partial charge in [0.05, 0.1) is 5.56 Å². The van der Waals surface area contributed by atoms with E-state index < -0.39 is 5.82 Å². The molecule has 0 atom stereocenters. The Morgan fingerprint density at radius 1 is 1.15 bits per heavy atom. The number of hydrogen-bond donors (Lipinski definition) is 0. The molecule has 0 aromatic heterocycles. The first-order valence-electron chi connectivity index (χ1n) is 6.63. The van der Waals surface area contributed by atoms with Crippen LogP contribution in [0.3, 0.4) is 0 Å². The van der Waals surface area contributed by atoms with Gasteiger partial charge in [0, 0.05) is 25.7 Å². The highest BCUT2D eigenvalue weighted by Crippen LogP contribution is 2.15. The molecule has 2 aromatic carbocycles. The summed E-state index contributed by atoms with van der Waals surface area (Å²) in [6, 6.07) is 14.2. The lowest BCUT2D eigenvalue weighted by Crippen LogP contribution is -2.21. The van der Waals surface area contributed by atoms with Gasteiger partial charge in [0.15, 0.2) is 5.78 Å². The van der Waals surface area contributed by atoms with Crippen molar-refractivity contribution in [3.8, 4) is 0 Å². The first-order valence-corrected chi connectivity index (χ1v) is 6.63. The minimum absolute atomic E-state index is 0.164. The van der Waals surface area contributed by atoms with E-state index in [2.05, 4.69) is 6.07 Å². The molecular weight excluding hydrogens is 253 g/mol. The van der Waals surface area contributed by atoms with Crippen molar-refractivity contribution in [2.75, 3.05) is 18.5 Å². The largest absolute Gasteiger partial charge is 0.374 e. The maximum absolute atomic E-state index is 13.5. The molecule has 0 N–H and O–H groups in total. The molecule has 3 heteroatoms. The van der Waals surface area contributed by atoms with E-state index in [1.807, 2.05) is 37.1 Å². The predicted octanol–water partition coefficient (Wildman–Crippen LogP) is 3.84. The van der Waals surface area contributed by atoms with Gasteiger partial charge >= 0.3 is 0 Å². The third-order valence-corrected chi connectivity index (χ3v) is 3.29. The summed E-state index contributed by atoms with van der Waals surface area (Å²) in [7, 11) is 1.93. The summed E-state index contributed by atoms with van der Waals surface area (Å²) in [5, 5.41) is 0. The molecule has 0 bridgehead atoms. The Labute approximate surface area is 118 Å². The van der Waals surface area contributed by atoms with Gasteiger partial charge in [0.25, 0.3) is 0 Å². The van der Waals surface area contributed by atoms with Crippen molar-refractivity contribution in [3.05, 3.63) is 65.5 Å². The van der Waals surface area contributed by atoms with Crippen molar-refractivity contribution in [3.63, 3.8) is 0 Å². The summed E-state index contributed by atoms with van der Waals surface area (Å²) in [5.74, 6) is -0.613. The van der Waals surface area contributed by atoms with Crippen molar-refractivity contribution in [1.82, 2.24) is 0 Å². The van der Waals surface area contributed by atoms with Crippen LogP contribution in [0, 0.1) is 12.7 Å². The minimum Gasteiger partial charge on any atom is -0.374 e. The number of Topliss-reactive ketones (excluding diaryl/α,β-unsaturated/α-hetero) is 1. The molecule has 0 spiro atoms. The summed E-state index contributed by atoms with van der Waals surface area (Å²) in [6.45, 7) is 2.60. The van der Waals surface area contributed by atoms with Crippen LogP contribution in [0.2, 0.25) is 0 Å². The van der Waals surface area contributed by atoms with Crippen LogP contribution in [-0.2, 0) is 0 Å². The number of anilines is 1. The first-order chi connectivity index (χ1) is 9.58. The Balaban J connectivity index is 1.99. The SMILES string of the molecule is Cc1cccc(N(C)CCC(=O)c2ccccc2F)c1. The lowest BCUT2D eigenvalue weighted by atomic mass is 10.1. The molecule has 20 heavy (non-hydrogen) atoms. The maximum Gasteiger partial charge on any atom is 0.167 e. The monoisotopic (exact) mass is 271 g/mol. The van der Waals surface area contributed by atoms with Gasteiger partial charge in [-0.3, -0.25) is 4.79 Å². The fourth-order valence-corrected chi connectivity index (χ4v) is 2.09. The normalized spacial score (nSPS) is 10.3. The number of nitrogens with zero attached hydrogens (tertiary/aromatic N) is 1. The van der Waals surface area contributed by atoms with Gasteiger partial charge in [-0.15, -0.1) is 0 Å². The van der Waals surface area contributed by atoms with Gasteiger partial charge in [-0.2, -0.15) is 0 Å². The fraction of sp³-hybridized carbons (Fsp3) is 0.235. The summed E-state index contributed by atoms with van der Waals surface area (Å²) < 4.78 is 13.5. The standard InChI is InChI=1S/C17H18FNO/c1-13-6-5-7-14(12-13)19(2)11-10-17(20)15-8-3-4-9-16(15)18/h3-9,12H,10-11H2,1-2H3. The molecule has 0 radical (unpaired) electrons. The second kappa shape index (κ2) is 6.33. The van der Waals surface area contributed by atoms with Gasteiger partial charge in [-0.05, 0) is 36.8 Å². The molecule has 0 fully saturated rings. The van der Waals surface area contributed by atoms with Crippen LogP contribution in [0.1, 0.15) is 22.3 Å². The van der Waals surface area contributed by atoms with Gasteiger partial charge in [-0.25, -0.2) is 4.39 Å². The quantitative estimate of drug-likeness (QED) is 0.770. The van der Waals surface area contributed by atoms with Crippen LogP contribution in [0.15, 0.2) is 48.5 Å². The van der Waals surface area contributed by atoms with Crippen LogP contribution >= 0.6 is 0 Å². The third kappa shape index (κ3) is 3.44. The summed E-state index contributed by atoms with van der Waals surface area (Å²) in [4.78, 5) is 14.0. The number of ketones is 1. The second-order valence-electron chi connectivity index (χ2n) is 4.91. The van der Waals surface area contributed by atoms with E-state index in [9.17, 15) is 9.18 Å². The molecule has 2 rings (SSSR count). The predicted molar refractivity (Wildman–Crippen MR) is 79.8 cm³/mol. The maximum atomic E-state index is 13.5. The number of carbonyl (C=O) groups excluding carboxylic acids is 1. The van der Waals surface area contributed by atoms with Crippen LogP contribution < -0.4 is 4.90 Å². The zero-order valence-corrected chi connectivity index (χ0v) is 11.8. The molecule has 104 valence electrons. The number of rotatable bonds is 5. The minimum atomic E-state index is -0.448. The lowest BCUT2D eigenvalue weighted by Gasteiger charge is -2.19. The molecule has 0 amide bonds. The average molecular weight is 271 g/mol. The molecule has 2 aromatic rings. The Kier molecular flexibility index (Phi) is 4.51. The summed E-state index contributed by atoms with van der Waals surface area (Å²) >= 11 is 0. The van der Waals surface area contributed by atoms with Crippen LogP contribution in [0.4, 0.5) is 10.1 Å². The first kappa shape index (κ1) is 14.3. The number of benzene rings is 2. The van der Waals surface area contributed by atoms with E-state index in [0.717, 1.165) is 5.69 Å². The van der Waals surface area contributed by atoms with Crippen molar-refractivity contribution < 1.29 is 9.18 Å². The third-order valence-electron chi connectivity index (χ3n) is 3.29. The van der Waals surface area contributed by atoms with Crippen LogP contribution in [0.25, 0.3) is 0 Å². The van der Waals surface area contributed by atoms with Gasteiger partial charge < -0.3 is 4.90 Å². The van der Waals surface area contributed by atoms with E-state index in [1.54, 1.807) is 12.1 Å². The molecule has 0 saturated carbocycles. The average Bonchev–Trinajstić information content (AvgIpc) is 2.45. The van der Waals surface area contributed by atoms with E-state index in [0.29, 0.717) is 13.0 Å². The van der Waals surface area contributed by atoms with Crippen molar-refractivity contribution in [2.24, 2.45) is 0 Å². The number of carbonyl (C=O) groups is 1. The fourth-order valence-electron chi connectivity index (χ4n) is 2.09. The highest BCUT2D eigenvalue weighted by atomic mass is 19.1. The highest BCUT2D eigenvalue weighted by Gasteiger charge is 2.11. The molecule has 0 saturated heterocycles. The Bertz CT molecular complexity index is 609. The topological polar surface area (TPSA) is 20.3 Å². The van der Waals surface area contributed by atoms with E-state index in [4.69, 9.17) is 0 Å². The van der Waals surface area contributed by atoms with Crippen molar-refractivity contribution >= 4 is 11.5 Å². The number of aryl methyl sites for hydroxylation is 1. The molecule has 0 unspecified atom stereocenters. The molecule has 0 aliphatic heterocycles. The molecule has 0 aliphatic rings. The van der Waals surface area contributed by atoms with Gasteiger partial charge in [0.2, 0.25) is 0 Å². The summed E-state index contributed by atoms with van der Waals surface area (Å²) in [6.07, 6.45) is 0.297. The van der Waals surface area contributed by atoms with E-state index in [-0.39, 0.29) is 11.3 Å². The molecule has 2 nitrogen and oxygen atoms in total. The smallest absolute Gasteiger partial charge is 0.167 e. The van der Waals surface area contributed by atoms with Gasteiger partial charge in [0.1, 0.15) is 5.82 Å². The summed E-state index contributed by atoms with van der Waals surface area (Å²) in [5.41, 5.74) is 2.41. The number of halogens is 1. The van der Waals surface area contributed by atoms with Crippen LogP contribution in [-0.4, -0.2) is 19.4 Å². The molecular formula is C17H18FNO. The second-order valence-corrected chi connectivity index (χ2v) is 4.91. The highest BCUT2D eigenvalue weighted by molar-refractivity contribution is 5.96. The van der Waals surface area contributed by atoms with Gasteiger partial charge in [-0.1, -0.05) is 24.3 Å². The Hall–Kier alpha value is -2.16. The van der Waals surface area contributed by atoms with Crippen molar-refractivity contribution in [2.45, 2.75) is 13.3 Å². The van der Waals surface area contributed by atoms with Crippen LogP contribution in [0.5, 0.6) is 0 Å². The number of hydrogen-bond acceptors (Lipinski definition) is 2. The van der Waals surface area contributed by atoms with E-state index in [1.165, 1.54) is 17.7 Å². The Morgan fingerprint density at radius 3 is 2.60 bits per heavy atom. The van der Waals surface area contributed by atoms with Crippen molar-refractivity contribution in [1.29, 1.82) is 0 Å².